The number of aliphatic carboxylic acids is 1. The van der Waals surface area contributed by atoms with E-state index in [1.165, 1.54) is 83.5 Å². The average molecular weight is 635 g/mol. The van der Waals surface area contributed by atoms with Crippen LogP contribution in [-0.2, 0) is 19.1 Å². The molecule has 0 aliphatic rings. The Morgan fingerprint density at radius 2 is 1.04 bits per heavy atom. The number of carbonyl (C=O) groups excluding carboxylic acids is 2. The van der Waals surface area contributed by atoms with Gasteiger partial charge >= 0.3 is 11.9 Å². The zero-order valence-corrected chi connectivity index (χ0v) is 30.2. The van der Waals surface area contributed by atoms with Crippen molar-refractivity contribution in [2.45, 2.75) is 174 Å². The molecule has 6 nitrogen and oxygen atoms in total. The van der Waals surface area contributed by atoms with Crippen LogP contribution in [0.5, 0.6) is 0 Å². The van der Waals surface area contributed by atoms with E-state index < -0.39 is 24.0 Å². The average Bonchev–Trinajstić information content (AvgIpc) is 2.96. The van der Waals surface area contributed by atoms with Crippen molar-refractivity contribution in [2.75, 3.05) is 27.7 Å². The molecule has 0 aromatic heterocycles. The van der Waals surface area contributed by atoms with Gasteiger partial charge in [-0.25, -0.2) is 0 Å². The van der Waals surface area contributed by atoms with Gasteiger partial charge in [0, 0.05) is 0 Å². The number of ketones is 1. The van der Waals surface area contributed by atoms with E-state index in [-0.39, 0.29) is 12.2 Å². The lowest BCUT2D eigenvalue weighted by Gasteiger charge is -2.29. The molecule has 0 heterocycles. The second-order valence-electron chi connectivity index (χ2n) is 14.1. The highest BCUT2D eigenvalue weighted by Crippen LogP contribution is 2.19. The van der Waals surface area contributed by atoms with Crippen LogP contribution < -0.4 is 0 Å². The van der Waals surface area contributed by atoms with Crippen molar-refractivity contribution in [2.24, 2.45) is 5.92 Å². The van der Waals surface area contributed by atoms with Gasteiger partial charge in [-0.05, 0) is 51.0 Å². The highest BCUT2D eigenvalue weighted by molar-refractivity contribution is 6.05. The normalized spacial score (nSPS) is 13.4. The molecule has 0 bridgehead atoms. The van der Waals surface area contributed by atoms with Gasteiger partial charge in [0.2, 0.25) is 0 Å². The number of carboxylic acid groups (broad SMARTS) is 1. The molecule has 262 valence electrons. The number of carboxylic acids is 1. The molecular weight excluding hydrogens is 562 g/mol. The van der Waals surface area contributed by atoms with Crippen molar-refractivity contribution < 1.29 is 28.7 Å². The van der Waals surface area contributed by atoms with Crippen LogP contribution in [0, 0.1) is 5.92 Å². The van der Waals surface area contributed by atoms with Crippen molar-refractivity contribution in [3.63, 3.8) is 0 Å². The highest BCUT2D eigenvalue weighted by Gasteiger charge is 2.31. The Morgan fingerprint density at radius 1 is 0.622 bits per heavy atom. The summed E-state index contributed by atoms with van der Waals surface area (Å²) in [6, 6.07) is 0. The Kier molecular flexibility index (Phi) is 28.2. The molecular formula is C39H72NO5+. The summed E-state index contributed by atoms with van der Waals surface area (Å²) < 4.78 is 6.17. The lowest BCUT2D eigenvalue weighted by atomic mass is 9.95. The van der Waals surface area contributed by atoms with Gasteiger partial charge in [-0.2, -0.15) is 0 Å². The molecule has 0 spiro atoms. The Balaban J connectivity index is 4.73. The van der Waals surface area contributed by atoms with Crippen LogP contribution in [0.3, 0.4) is 0 Å². The van der Waals surface area contributed by atoms with E-state index in [1.54, 1.807) is 6.08 Å². The molecule has 45 heavy (non-hydrogen) atoms. The predicted molar refractivity (Wildman–Crippen MR) is 189 cm³/mol. The number of carbonyl (C=O) groups is 3. The minimum Gasteiger partial charge on any atom is -0.481 e. The molecule has 0 rings (SSSR count). The summed E-state index contributed by atoms with van der Waals surface area (Å²) in [4.78, 5) is 37.9. The first-order valence-electron chi connectivity index (χ1n) is 18.7. The first-order chi connectivity index (χ1) is 21.6. The maximum absolute atomic E-state index is 13.2. The van der Waals surface area contributed by atoms with Gasteiger partial charge in [-0.1, -0.05) is 135 Å². The number of likely N-dealkylation sites (N-methyl/N-ethyl adjacent to an activating group) is 1. The first-order valence-corrected chi connectivity index (χ1v) is 18.7. The first kappa shape index (κ1) is 43.0. The minimum absolute atomic E-state index is 0.214. The molecule has 0 amide bonds. The SMILES string of the molecule is CCCCCC/C=C\CCCCCCC(C(=O)/C=C/CCCCCCCCCCCCC)C(=O)OC(CC(=O)O)C[N+](C)(C)C. The van der Waals surface area contributed by atoms with Crippen molar-refractivity contribution in [1.82, 2.24) is 0 Å². The van der Waals surface area contributed by atoms with E-state index in [0.29, 0.717) is 17.4 Å². The van der Waals surface area contributed by atoms with E-state index in [0.717, 1.165) is 57.8 Å². The number of esters is 1. The summed E-state index contributed by atoms with van der Waals surface area (Å²) in [5.74, 6) is -2.67. The van der Waals surface area contributed by atoms with Gasteiger partial charge in [-0.3, -0.25) is 14.4 Å². The number of hydrogen-bond acceptors (Lipinski definition) is 4. The lowest BCUT2D eigenvalue weighted by molar-refractivity contribution is -0.873. The van der Waals surface area contributed by atoms with Gasteiger partial charge in [0.15, 0.2) is 11.9 Å². The molecule has 0 fully saturated rings. The van der Waals surface area contributed by atoms with E-state index in [2.05, 4.69) is 26.0 Å². The number of allylic oxidation sites excluding steroid dienone is 4. The summed E-state index contributed by atoms with van der Waals surface area (Å²) in [5.41, 5.74) is 0. The van der Waals surface area contributed by atoms with Crippen LogP contribution in [0.2, 0.25) is 0 Å². The smallest absolute Gasteiger partial charge is 0.317 e. The van der Waals surface area contributed by atoms with Crippen molar-refractivity contribution in [3.05, 3.63) is 24.3 Å². The van der Waals surface area contributed by atoms with Crippen molar-refractivity contribution in [1.29, 1.82) is 0 Å². The van der Waals surface area contributed by atoms with Gasteiger partial charge < -0.3 is 14.3 Å². The third kappa shape index (κ3) is 29.2. The number of unbranched alkanes of at least 4 members (excludes halogenated alkanes) is 19. The molecule has 1 N–H and O–H groups in total. The zero-order valence-electron chi connectivity index (χ0n) is 30.2. The van der Waals surface area contributed by atoms with Crippen molar-refractivity contribution in [3.8, 4) is 0 Å². The lowest BCUT2D eigenvalue weighted by Crippen LogP contribution is -2.44. The number of quaternary nitrogens is 1. The molecule has 2 atom stereocenters. The van der Waals surface area contributed by atoms with E-state index in [9.17, 15) is 19.5 Å². The molecule has 0 aromatic carbocycles. The summed E-state index contributed by atoms with van der Waals surface area (Å²) in [6.07, 6.45) is 33.8. The van der Waals surface area contributed by atoms with Crippen LogP contribution in [-0.4, -0.2) is 61.1 Å². The van der Waals surface area contributed by atoms with Crippen LogP contribution in [0.25, 0.3) is 0 Å². The molecule has 0 aromatic rings. The predicted octanol–water partition coefficient (Wildman–Crippen LogP) is 10.4. The highest BCUT2D eigenvalue weighted by atomic mass is 16.5. The molecule has 0 saturated carbocycles. The Hall–Kier alpha value is -1.95. The summed E-state index contributed by atoms with van der Waals surface area (Å²) in [5, 5.41) is 9.37. The molecule has 0 aliphatic heterocycles. The third-order valence-electron chi connectivity index (χ3n) is 8.33. The van der Waals surface area contributed by atoms with Gasteiger partial charge in [0.1, 0.15) is 12.5 Å². The molecule has 0 saturated heterocycles. The Labute approximate surface area is 278 Å². The summed E-state index contributed by atoms with van der Waals surface area (Å²) >= 11 is 0. The number of rotatable bonds is 32. The largest absolute Gasteiger partial charge is 0.481 e. The van der Waals surface area contributed by atoms with Crippen LogP contribution >= 0.6 is 0 Å². The summed E-state index contributed by atoms with van der Waals surface area (Å²) in [7, 11) is 5.80. The molecule has 6 heteroatoms. The van der Waals surface area contributed by atoms with Crippen LogP contribution in [0.1, 0.15) is 168 Å². The fraction of sp³-hybridized carbons (Fsp3) is 0.821. The number of hydrogen-bond donors (Lipinski definition) is 1. The molecule has 2 unspecified atom stereocenters. The fourth-order valence-corrected chi connectivity index (χ4v) is 5.70. The van der Waals surface area contributed by atoms with Crippen molar-refractivity contribution >= 4 is 17.7 Å². The van der Waals surface area contributed by atoms with E-state index in [1.807, 2.05) is 27.2 Å². The molecule has 0 aliphatic carbocycles. The maximum Gasteiger partial charge on any atom is 0.317 e. The number of nitrogens with zero attached hydrogens (tertiary/aromatic N) is 1. The minimum atomic E-state index is -1.01. The van der Waals surface area contributed by atoms with Gasteiger partial charge in [-0.15, -0.1) is 0 Å². The van der Waals surface area contributed by atoms with Gasteiger partial charge in [0.25, 0.3) is 0 Å². The summed E-state index contributed by atoms with van der Waals surface area (Å²) in [6.45, 7) is 4.86. The third-order valence-corrected chi connectivity index (χ3v) is 8.33. The quantitative estimate of drug-likeness (QED) is 0.0199. The zero-order chi connectivity index (χ0) is 33.6. The van der Waals surface area contributed by atoms with E-state index >= 15 is 0 Å². The Bertz CT molecular complexity index is 798. The number of ether oxygens (including phenoxy) is 1. The monoisotopic (exact) mass is 635 g/mol. The fourth-order valence-electron chi connectivity index (χ4n) is 5.70. The van der Waals surface area contributed by atoms with Crippen LogP contribution in [0.4, 0.5) is 0 Å². The second kappa shape index (κ2) is 29.5. The van der Waals surface area contributed by atoms with Crippen LogP contribution in [0.15, 0.2) is 24.3 Å². The Morgan fingerprint density at radius 3 is 1.51 bits per heavy atom. The standard InChI is InChI=1S/C39H71NO5/c1-6-8-10-12-14-16-18-20-22-24-26-28-30-32-37(41)36(39(44)45-35(33-38(42)43)34-40(3,4)5)31-29-27-25-23-21-19-17-15-13-11-9-7-2/h17,19,30,32,35-36H,6-16,18,20-29,31,33-34H2,1-5H3/p+1/b19-17-,32-30+. The maximum atomic E-state index is 13.2. The topological polar surface area (TPSA) is 80.7 Å². The van der Waals surface area contributed by atoms with Gasteiger partial charge in [0.05, 0.1) is 27.6 Å². The van der Waals surface area contributed by atoms with E-state index in [4.69, 9.17) is 4.74 Å². The molecule has 0 radical (unpaired) electrons. The second-order valence-corrected chi connectivity index (χ2v) is 14.1.